The molecule has 1 aromatic carbocycles. The monoisotopic (exact) mass is 344 g/mol. The summed E-state index contributed by atoms with van der Waals surface area (Å²) < 4.78 is 0. The molecule has 0 aliphatic carbocycles. The zero-order valence-electron chi connectivity index (χ0n) is 12.7. The van der Waals surface area contributed by atoms with Gasteiger partial charge in [0.2, 0.25) is 0 Å². The second kappa shape index (κ2) is 9.02. The lowest BCUT2D eigenvalue weighted by molar-refractivity contribution is -0.139. The molecule has 0 aliphatic heterocycles. The van der Waals surface area contributed by atoms with E-state index < -0.39 is 17.4 Å². The minimum absolute atomic E-state index is 0.0336. The summed E-state index contributed by atoms with van der Waals surface area (Å²) in [6, 6.07) is 7.08. The molecule has 1 atom stereocenters. The van der Waals surface area contributed by atoms with Crippen LogP contribution in [0.15, 0.2) is 24.3 Å². The SMILES string of the molecule is CSCCC(C)(O)CNC(=O)C(=O)NCc1ccccc1Cl. The van der Waals surface area contributed by atoms with E-state index in [9.17, 15) is 14.7 Å². The van der Waals surface area contributed by atoms with Gasteiger partial charge >= 0.3 is 11.8 Å². The molecule has 0 fully saturated rings. The van der Waals surface area contributed by atoms with E-state index in [4.69, 9.17) is 11.6 Å². The van der Waals surface area contributed by atoms with Crippen LogP contribution in [0.25, 0.3) is 0 Å². The van der Waals surface area contributed by atoms with Gasteiger partial charge in [0.15, 0.2) is 0 Å². The molecule has 0 aliphatic rings. The number of nitrogens with one attached hydrogen (secondary N) is 2. The maximum absolute atomic E-state index is 11.7. The van der Waals surface area contributed by atoms with Crippen molar-refractivity contribution in [3.8, 4) is 0 Å². The van der Waals surface area contributed by atoms with Crippen molar-refractivity contribution < 1.29 is 14.7 Å². The molecule has 0 spiro atoms. The molecular weight excluding hydrogens is 324 g/mol. The minimum Gasteiger partial charge on any atom is -0.388 e. The number of thioether (sulfide) groups is 1. The van der Waals surface area contributed by atoms with Crippen LogP contribution in [0.2, 0.25) is 5.02 Å². The fourth-order valence-corrected chi connectivity index (χ4v) is 2.51. The van der Waals surface area contributed by atoms with Crippen molar-refractivity contribution >= 4 is 35.2 Å². The maximum Gasteiger partial charge on any atom is 0.309 e. The molecule has 5 nitrogen and oxygen atoms in total. The Labute approximate surface area is 139 Å². The Morgan fingerprint density at radius 1 is 1.27 bits per heavy atom. The zero-order chi connectivity index (χ0) is 16.6. The number of benzene rings is 1. The van der Waals surface area contributed by atoms with E-state index in [2.05, 4.69) is 10.6 Å². The molecule has 0 heterocycles. The molecule has 1 aromatic rings. The van der Waals surface area contributed by atoms with Gasteiger partial charge in [0.1, 0.15) is 0 Å². The summed E-state index contributed by atoms with van der Waals surface area (Å²) in [4.78, 5) is 23.4. The lowest BCUT2D eigenvalue weighted by Gasteiger charge is -2.23. The van der Waals surface area contributed by atoms with Gasteiger partial charge in [0, 0.05) is 18.1 Å². The van der Waals surface area contributed by atoms with Gasteiger partial charge in [-0.15, -0.1) is 0 Å². The van der Waals surface area contributed by atoms with Gasteiger partial charge in [0.05, 0.1) is 5.60 Å². The number of rotatable bonds is 7. The largest absolute Gasteiger partial charge is 0.388 e. The van der Waals surface area contributed by atoms with Crippen LogP contribution in [-0.2, 0) is 16.1 Å². The first-order valence-electron chi connectivity index (χ1n) is 6.86. The van der Waals surface area contributed by atoms with E-state index in [-0.39, 0.29) is 13.1 Å². The van der Waals surface area contributed by atoms with Gasteiger partial charge in [-0.3, -0.25) is 9.59 Å². The number of carbonyl (C=O) groups excluding carboxylic acids is 2. The summed E-state index contributed by atoms with van der Waals surface area (Å²) in [7, 11) is 0. The van der Waals surface area contributed by atoms with Crippen molar-refractivity contribution in [2.75, 3.05) is 18.6 Å². The predicted octanol–water partition coefficient (Wildman–Crippen LogP) is 1.58. The maximum atomic E-state index is 11.7. The quantitative estimate of drug-likeness (QED) is 0.656. The lowest BCUT2D eigenvalue weighted by atomic mass is 10.0. The van der Waals surface area contributed by atoms with Crippen LogP contribution in [0, 0.1) is 0 Å². The molecule has 1 unspecified atom stereocenters. The third-order valence-corrected chi connectivity index (χ3v) is 4.06. The summed E-state index contributed by atoms with van der Waals surface area (Å²) in [6.07, 6.45) is 2.48. The molecule has 7 heteroatoms. The molecule has 0 bridgehead atoms. The van der Waals surface area contributed by atoms with Gasteiger partial charge < -0.3 is 15.7 Å². The van der Waals surface area contributed by atoms with Crippen LogP contribution in [0.3, 0.4) is 0 Å². The van der Waals surface area contributed by atoms with Crippen LogP contribution in [0.5, 0.6) is 0 Å². The molecule has 2 amide bonds. The molecule has 22 heavy (non-hydrogen) atoms. The van der Waals surface area contributed by atoms with Crippen LogP contribution < -0.4 is 10.6 Å². The number of amides is 2. The van der Waals surface area contributed by atoms with Crippen molar-refractivity contribution in [1.29, 1.82) is 0 Å². The van der Waals surface area contributed by atoms with Crippen LogP contribution in [-0.4, -0.2) is 41.1 Å². The second-order valence-electron chi connectivity index (χ2n) is 5.20. The van der Waals surface area contributed by atoms with Crippen molar-refractivity contribution in [2.45, 2.75) is 25.5 Å². The number of hydrogen-bond donors (Lipinski definition) is 3. The van der Waals surface area contributed by atoms with Crippen molar-refractivity contribution in [2.24, 2.45) is 0 Å². The van der Waals surface area contributed by atoms with Gasteiger partial charge in [0.25, 0.3) is 0 Å². The van der Waals surface area contributed by atoms with Crippen molar-refractivity contribution in [3.63, 3.8) is 0 Å². The number of carbonyl (C=O) groups is 2. The fraction of sp³-hybridized carbons (Fsp3) is 0.467. The Morgan fingerprint density at radius 2 is 1.91 bits per heavy atom. The summed E-state index contributed by atoms with van der Waals surface area (Å²) in [5.41, 5.74) is -0.293. The molecule has 0 saturated carbocycles. The van der Waals surface area contributed by atoms with E-state index in [0.29, 0.717) is 11.4 Å². The first-order chi connectivity index (χ1) is 10.4. The fourth-order valence-electron chi connectivity index (χ4n) is 1.66. The lowest BCUT2D eigenvalue weighted by Crippen LogP contribution is -2.46. The topological polar surface area (TPSA) is 78.4 Å². The van der Waals surface area contributed by atoms with Crippen LogP contribution in [0.4, 0.5) is 0 Å². The summed E-state index contributed by atoms with van der Waals surface area (Å²) in [5, 5.41) is 15.5. The summed E-state index contributed by atoms with van der Waals surface area (Å²) in [6.45, 7) is 1.84. The highest BCUT2D eigenvalue weighted by Gasteiger charge is 2.22. The van der Waals surface area contributed by atoms with Crippen molar-refractivity contribution in [3.05, 3.63) is 34.9 Å². The van der Waals surface area contributed by atoms with Crippen molar-refractivity contribution in [1.82, 2.24) is 10.6 Å². The van der Waals surface area contributed by atoms with Crippen LogP contribution in [0.1, 0.15) is 18.9 Å². The Hall–Kier alpha value is -1.24. The zero-order valence-corrected chi connectivity index (χ0v) is 14.3. The Morgan fingerprint density at radius 3 is 2.55 bits per heavy atom. The molecule has 0 saturated heterocycles. The Bertz CT molecular complexity index is 523. The number of hydrogen-bond acceptors (Lipinski definition) is 4. The third kappa shape index (κ3) is 6.68. The second-order valence-corrected chi connectivity index (χ2v) is 6.59. The molecule has 3 N–H and O–H groups in total. The van der Waals surface area contributed by atoms with Gasteiger partial charge in [-0.25, -0.2) is 0 Å². The van der Waals surface area contributed by atoms with Crippen LogP contribution >= 0.6 is 23.4 Å². The highest BCUT2D eigenvalue weighted by molar-refractivity contribution is 7.98. The highest BCUT2D eigenvalue weighted by Crippen LogP contribution is 2.14. The third-order valence-electron chi connectivity index (χ3n) is 3.08. The Balaban J connectivity index is 2.39. The minimum atomic E-state index is -1.03. The molecule has 122 valence electrons. The first kappa shape index (κ1) is 18.8. The van der Waals surface area contributed by atoms with Gasteiger partial charge in [-0.1, -0.05) is 29.8 Å². The first-order valence-corrected chi connectivity index (χ1v) is 8.63. The number of aliphatic hydroxyl groups is 1. The summed E-state index contributed by atoms with van der Waals surface area (Å²) in [5.74, 6) is -0.737. The summed E-state index contributed by atoms with van der Waals surface area (Å²) >= 11 is 7.58. The van der Waals surface area contributed by atoms with E-state index >= 15 is 0 Å². The Kier molecular flexibility index (Phi) is 7.72. The van der Waals surface area contributed by atoms with E-state index in [1.165, 1.54) is 0 Å². The number of halogens is 1. The van der Waals surface area contributed by atoms with E-state index in [1.54, 1.807) is 43.0 Å². The van der Waals surface area contributed by atoms with Gasteiger partial charge in [-0.2, -0.15) is 11.8 Å². The smallest absolute Gasteiger partial charge is 0.309 e. The van der Waals surface area contributed by atoms with E-state index in [0.717, 1.165) is 11.3 Å². The predicted molar refractivity (Wildman–Crippen MR) is 89.9 cm³/mol. The normalized spacial score (nSPS) is 13.3. The average molecular weight is 345 g/mol. The average Bonchev–Trinajstić information content (AvgIpc) is 2.49. The molecule has 0 aromatic heterocycles. The van der Waals surface area contributed by atoms with Gasteiger partial charge in [-0.05, 0) is 37.0 Å². The highest BCUT2D eigenvalue weighted by atomic mass is 35.5. The molecular formula is C15H21ClN2O3S. The van der Waals surface area contributed by atoms with E-state index in [1.807, 2.05) is 6.26 Å². The molecule has 0 radical (unpaired) electrons. The molecule has 1 rings (SSSR count). The standard InChI is InChI=1S/C15H21ClN2O3S/c1-15(21,7-8-22-2)10-18-14(20)13(19)17-9-11-5-3-4-6-12(11)16/h3-6,21H,7-10H2,1-2H3,(H,17,19)(H,18,20).